The zero-order chi connectivity index (χ0) is 19.1. The van der Waals surface area contributed by atoms with E-state index in [4.69, 9.17) is 4.74 Å². The van der Waals surface area contributed by atoms with E-state index in [1.165, 1.54) is 24.3 Å². The Balaban J connectivity index is 1.85. The predicted octanol–water partition coefficient (Wildman–Crippen LogP) is 3.41. The van der Waals surface area contributed by atoms with Crippen molar-refractivity contribution in [2.24, 2.45) is 0 Å². The molecule has 0 saturated carbocycles. The summed E-state index contributed by atoms with van der Waals surface area (Å²) in [7, 11) is 0. The number of benzene rings is 2. The van der Waals surface area contributed by atoms with Crippen LogP contribution < -0.4 is 5.32 Å². The lowest BCUT2D eigenvalue weighted by atomic mass is 10.1. The Bertz CT molecular complexity index is 874. The van der Waals surface area contributed by atoms with Gasteiger partial charge in [-0.2, -0.15) is 0 Å². The van der Waals surface area contributed by atoms with E-state index in [0.717, 1.165) is 17.2 Å². The number of nitrogens with one attached hydrogen (secondary N) is 1. The Morgan fingerprint density at radius 2 is 1.92 bits per heavy atom. The number of ether oxygens (including phenoxy) is 1. The van der Waals surface area contributed by atoms with Crippen molar-refractivity contribution in [1.82, 2.24) is 0 Å². The van der Waals surface area contributed by atoms with Crippen LogP contribution in [-0.2, 0) is 14.3 Å². The molecular formula is C19H18N2O5. The van der Waals surface area contributed by atoms with Gasteiger partial charge in [-0.25, -0.2) is 4.79 Å². The van der Waals surface area contributed by atoms with Crippen LogP contribution in [0.25, 0.3) is 6.08 Å². The van der Waals surface area contributed by atoms with E-state index in [1.54, 1.807) is 12.1 Å². The van der Waals surface area contributed by atoms with Gasteiger partial charge >= 0.3 is 5.97 Å². The Morgan fingerprint density at radius 1 is 1.15 bits per heavy atom. The van der Waals surface area contributed by atoms with Crippen molar-refractivity contribution in [3.05, 3.63) is 75.3 Å². The molecule has 0 heterocycles. The number of aryl methyl sites for hydroxylation is 2. The molecule has 26 heavy (non-hydrogen) atoms. The van der Waals surface area contributed by atoms with Gasteiger partial charge in [0.1, 0.15) is 0 Å². The summed E-state index contributed by atoms with van der Waals surface area (Å²) < 4.78 is 4.86. The molecule has 0 radical (unpaired) electrons. The van der Waals surface area contributed by atoms with Gasteiger partial charge < -0.3 is 10.1 Å². The molecule has 1 amide bonds. The highest BCUT2D eigenvalue weighted by Crippen LogP contribution is 2.15. The van der Waals surface area contributed by atoms with Gasteiger partial charge in [0.2, 0.25) is 0 Å². The van der Waals surface area contributed by atoms with Crippen LogP contribution in [0, 0.1) is 24.0 Å². The minimum Gasteiger partial charge on any atom is -0.452 e. The Labute approximate surface area is 150 Å². The van der Waals surface area contributed by atoms with Gasteiger partial charge in [-0.1, -0.05) is 18.2 Å². The summed E-state index contributed by atoms with van der Waals surface area (Å²) in [5.41, 5.74) is 3.19. The molecule has 2 aromatic carbocycles. The highest BCUT2D eigenvalue weighted by molar-refractivity contribution is 5.94. The molecule has 0 bridgehead atoms. The molecule has 0 atom stereocenters. The number of amides is 1. The van der Waals surface area contributed by atoms with Gasteiger partial charge in [-0.3, -0.25) is 14.9 Å². The second-order valence-electron chi connectivity index (χ2n) is 5.64. The van der Waals surface area contributed by atoms with E-state index in [-0.39, 0.29) is 5.69 Å². The van der Waals surface area contributed by atoms with Crippen molar-refractivity contribution in [2.75, 3.05) is 11.9 Å². The maximum Gasteiger partial charge on any atom is 0.331 e. The van der Waals surface area contributed by atoms with Crippen molar-refractivity contribution in [1.29, 1.82) is 0 Å². The van der Waals surface area contributed by atoms with Crippen molar-refractivity contribution in [3.8, 4) is 0 Å². The summed E-state index contributed by atoms with van der Waals surface area (Å²) in [5, 5.41) is 13.3. The highest BCUT2D eigenvalue weighted by atomic mass is 16.6. The number of esters is 1. The number of hydrogen-bond acceptors (Lipinski definition) is 5. The zero-order valence-corrected chi connectivity index (χ0v) is 14.4. The summed E-state index contributed by atoms with van der Waals surface area (Å²) in [6, 6.07) is 11.3. The average Bonchev–Trinajstić information content (AvgIpc) is 2.61. The third kappa shape index (κ3) is 5.55. The number of carbonyl (C=O) groups is 2. The first-order valence-corrected chi connectivity index (χ1v) is 7.81. The number of nitro groups is 1. The number of anilines is 1. The zero-order valence-electron chi connectivity index (χ0n) is 14.4. The molecule has 7 nitrogen and oxygen atoms in total. The Hall–Kier alpha value is -3.48. The lowest BCUT2D eigenvalue weighted by molar-refractivity contribution is -0.384. The Kier molecular flexibility index (Phi) is 6.21. The van der Waals surface area contributed by atoms with Crippen molar-refractivity contribution >= 4 is 29.3 Å². The van der Waals surface area contributed by atoms with E-state index in [2.05, 4.69) is 5.32 Å². The monoisotopic (exact) mass is 354 g/mol. The molecule has 0 aromatic heterocycles. The molecule has 0 unspecified atom stereocenters. The number of carbonyl (C=O) groups excluding carboxylic acids is 2. The fourth-order valence-electron chi connectivity index (χ4n) is 2.11. The number of hydrogen-bond donors (Lipinski definition) is 1. The maximum atomic E-state index is 11.8. The predicted molar refractivity (Wildman–Crippen MR) is 97.6 cm³/mol. The van der Waals surface area contributed by atoms with Gasteiger partial charge in [-0.05, 0) is 48.7 Å². The van der Waals surface area contributed by atoms with Crippen molar-refractivity contribution in [3.63, 3.8) is 0 Å². The molecule has 7 heteroatoms. The van der Waals surface area contributed by atoms with Crippen molar-refractivity contribution < 1.29 is 19.2 Å². The molecule has 0 spiro atoms. The molecule has 0 aliphatic rings. The van der Waals surface area contributed by atoms with Crippen LogP contribution in [0.3, 0.4) is 0 Å². The SMILES string of the molecule is Cc1ccc(NC(=O)COC(=O)/C=C/c2cccc([N+](=O)[O-])c2)cc1C. The lowest BCUT2D eigenvalue weighted by Crippen LogP contribution is -2.20. The van der Waals surface area contributed by atoms with E-state index in [1.807, 2.05) is 26.0 Å². The van der Waals surface area contributed by atoms with Gasteiger partial charge in [0.05, 0.1) is 4.92 Å². The first-order valence-electron chi connectivity index (χ1n) is 7.81. The normalized spacial score (nSPS) is 10.5. The summed E-state index contributed by atoms with van der Waals surface area (Å²) in [6.45, 7) is 3.48. The smallest absolute Gasteiger partial charge is 0.331 e. The minimum absolute atomic E-state index is 0.0757. The fraction of sp³-hybridized carbons (Fsp3) is 0.158. The number of non-ortho nitro benzene ring substituents is 1. The van der Waals surface area contributed by atoms with Crippen molar-refractivity contribution in [2.45, 2.75) is 13.8 Å². The summed E-state index contributed by atoms with van der Waals surface area (Å²) in [6.07, 6.45) is 2.50. The van der Waals surface area contributed by atoms with Gasteiger partial charge in [0.15, 0.2) is 6.61 Å². The maximum absolute atomic E-state index is 11.8. The third-order valence-electron chi connectivity index (χ3n) is 3.63. The topological polar surface area (TPSA) is 98.5 Å². The van der Waals surface area contributed by atoms with E-state index < -0.39 is 23.4 Å². The number of nitrogens with zero attached hydrogens (tertiary/aromatic N) is 1. The van der Waals surface area contributed by atoms with E-state index in [9.17, 15) is 19.7 Å². The second kappa shape index (κ2) is 8.57. The standard InChI is InChI=1S/C19H18N2O5/c1-13-6-8-16(10-14(13)2)20-18(22)12-26-19(23)9-7-15-4-3-5-17(11-15)21(24)25/h3-11H,12H2,1-2H3,(H,20,22)/b9-7+. The van der Waals surface area contributed by atoms with Crippen LogP contribution in [0.2, 0.25) is 0 Å². The molecular weight excluding hydrogens is 336 g/mol. The molecule has 0 fully saturated rings. The largest absolute Gasteiger partial charge is 0.452 e. The van der Waals surface area contributed by atoms with Crippen LogP contribution in [0.5, 0.6) is 0 Å². The molecule has 2 rings (SSSR count). The summed E-state index contributed by atoms with van der Waals surface area (Å²) in [4.78, 5) is 33.7. The van der Waals surface area contributed by atoms with Gasteiger partial charge in [-0.15, -0.1) is 0 Å². The quantitative estimate of drug-likeness (QED) is 0.371. The van der Waals surface area contributed by atoms with Crippen LogP contribution in [0.4, 0.5) is 11.4 Å². The molecule has 1 N–H and O–H groups in total. The first kappa shape index (κ1) is 18.9. The highest BCUT2D eigenvalue weighted by Gasteiger charge is 2.07. The molecule has 0 saturated heterocycles. The lowest BCUT2D eigenvalue weighted by Gasteiger charge is -2.07. The van der Waals surface area contributed by atoms with Crippen LogP contribution in [-0.4, -0.2) is 23.4 Å². The second-order valence-corrected chi connectivity index (χ2v) is 5.64. The third-order valence-corrected chi connectivity index (χ3v) is 3.63. The molecule has 0 aliphatic carbocycles. The average molecular weight is 354 g/mol. The van der Waals surface area contributed by atoms with E-state index >= 15 is 0 Å². The van der Waals surface area contributed by atoms with E-state index in [0.29, 0.717) is 11.3 Å². The summed E-state index contributed by atoms with van der Waals surface area (Å²) in [5.74, 6) is -1.17. The van der Waals surface area contributed by atoms with Gasteiger partial charge in [0.25, 0.3) is 11.6 Å². The molecule has 2 aromatic rings. The first-order chi connectivity index (χ1) is 12.3. The van der Waals surface area contributed by atoms with Crippen LogP contribution in [0.15, 0.2) is 48.5 Å². The number of nitro benzene ring substituents is 1. The van der Waals surface area contributed by atoms with Crippen LogP contribution in [0.1, 0.15) is 16.7 Å². The fourth-order valence-corrected chi connectivity index (χ4v) is 2.11. The Morgan fingerprint density at radius 3 is 2.62 bits per heavy atom. The minimum atomic E-state index is -0.716. The molecule has 134 valence electrons. The molecule has 0 aliphatic heterocycles. The summed E-state index contributed by atoms with van der Waals surface area (Å²) >= 11 is 0. The van der Waals surface area contributed by atoms with Crippen LogP contribution >= 0.6 is 0 Å². The van der Waals surface area contributed by atoms with Gasteiger partial charge in [0, 0.05) is 23.9 Å². The number of rotatable bonds is 6.